The topological polar surface area (TPSA) is 63.7 Å². The summed E-state index contributed by atoms with van der Waals surface area (Å²) in [5.41, 5.74) is 0. The molecule has 0 bridgehead atoms. The second kappa shape index (κ2) is 12.0. The summed E-state index contributed by atoms with van der Waals surface area (Å²) >= 11 is 0. The van der Waals surface area contributed by atoms with Crippen LogP contribution in [-0.2, 0) is 19.2 Å². The van der Waals surface area contributed by atoms with Crippen molar-refractivity contribution < 1.29 is 17.5 Å². The number of hydrogen-bond acceptors (Lipinski definition) is 4. The van der Waals surface area contributed by atoms with Gasteiger partial charge in [0.15, 0.2) is 0 Å². The third-order valence-electron chi connectivity index (χ3n) is 3.42. The normalized spacial score (nSPS) is 11.6. The van der Waals surface area contributed by atoms with Gasteiger partial charge in [-0.3, -0.25) is 4.79 Å². The van der Waals surface area contributed by atoms with Crippen LogP contribution >= 0.6 is 0 Å². The lowest BCUT2D eigenvalue weighted by atomic mass is 10.1. The van der Waals surface area contributed by atoms with Crippen molar-refractivity contribution in [3.63, 3.8) is 0 Å². The molecule has 6 heteroatoms. The quantitative estimate of drug-likeness (QED) is 0.384. The number of carbonyl (C=O) groups excluding carboxylic acids is 1. The number of hydroxylamine groups is 2. The van der Waals surface area contributed by atoms with Gasteiger partial charge in [0.25, 0.3) is 10.1 Å². The van der Waals surface area contributed by atoms with Gasteiger partial charge in [0.1, 0.15) is 0 Å². The van der Waals surface area contributed by atoms with Gasteiger partial charge in [0.2, 0.25) is 5.91 Å². The molecule has 0 heterocycles. The van der Waals surface area contributed by atoms with E-state index in [4.69, 9.17) is 0 Å². The van der Waals surface area contributed by atoms with Crippen LogP contribution in [0.5, 0.6) is 0 Å². The van der Waals surface area contributed by atoms with Crippen molar-refractivity contribution >= 4 is 16.0 Å². The molecule has 0 saturated heterocycles. The largest absolute Gasteiger partial charge is 0.287 e. The van der Waals surface area contributed by atoms with E-state index in [1.165, 1.54) is 52.5 Å². The van der Waals surface area contributed by atoms with Gasteiger partial charge in [-0.2, -0.15) is 8.42 Å². The summed E-state index contributed by atoms with van der Waals surface area (Å²) in [6.45, 7) is 3.69. The Morgan fingerprint density at radius 3 is 1.86 bits per heavy atom. The molecule has 0 spiro atoms. The Balaban J connectivity index is 3.57. The Kier molecular flexibility index (Phi) is 11.6. The van der Waals surface area contributed by atoms with E-state index in [0.29, 0.717) is 6.42 Å². The molecule has 0 unspecified atom stereocenters. The average Bonchev–Trinajstić information content (AvgIpc) is 2.44. The molecule has 0 fully saturated rings. The van der Waals surface area contributed by atoms with Crippen molar-refractivity contribution in [1.82, 2.24) is 5.06 Å². The van der Waals surface area contributed by atoms with E-state index in [1.54, 1.807) is 0 Å². The minimum Gasteiger partial charge on any atom is -0.273 e. The molecule has 21 heavy (non-hydrogen) atoms. The monoisotopic (exact) mass is 321 g/mol. The standard InChI is InChI=1S/C15H31NO4S/c1-4-6-7-8-9-10-11-12-13-14-15(17)16(3)20-21(18,19)5-2/h4-14H2,1-3H3. The van der Waals surface area contributed by atoms with Gasteiger partial charge < -0.3 is 0 Å². The van der Waals surface area contributed by atoms with Crippen LogP contribution in [0.15, 0.2) is 0 Å². The predicted octanol–water partition coefficient (Wildman–Crippen LogP) is 3.65. The molecular formula is C15H31NO4S. The van der Waals surface area contributed by atoms with Gasteiger partial charge in [0, 0.05) is 13.5 Å². The third-order valence-corrected chi connectivity index (χ3v) is 4.58. The molecule has 5 nitrogen and oxygen atoms in total. The number of hydrogen-bond donors (Lipinski definition) is 0. The summed E-state index contributed by atoms with van der Waals surface area (Å²) in [6, 6.07) is 0. The van der Waals surface area contributed by atoms with Crippen molar-refractivity contribution in [3.8, 4) is 0 Å². The Labute approximate surface area is 130 Å². The minimum absolute atomic E-state index is 0.136. The van der Waals surface area contributed by atoms with Crippen LogP contribution in [0, 0.1) is 0 Å². The van der Waals surface area contributed by atoms with Crippen LogP contribution < -0.4 is 0 Å². The summed E-state index contributed by atoms with van der Waals surface area (Å²) in [4.78, 5) is 11.7. The molecule has 0 aliphatic heterocycles. The first-order valence-electron chi connectivity index (χ1n) is 8.11. The van der Waals surface area contributed by atoms with Crippen LogP contribution in [0.2, 0.25) is 0 Å². The lowest BCUT2D eigenvalue weighted by Crippen LogP contribution is -2.30. The number of nitrogens with zero attached hydrogens (tertiary/aromatic N) is 1. The number of rotatable bonds is 13. The molecule has 0 aliphatic rings. The van der Waals surface area contributed by atoms with Gasteiger partial charge in [-0.1, -0.05) is 58.3 Å². The zero-order chi connectivity index (χ0) is 16.1. The van der Waals surface area contributed by atoms with Crippen LogP contribution in [0.3, 0.4) is 0 Å². The van der Waals surface area contributed by atoms with Gasteiger partial charge in [0.05, 0.1) is 5.75 Å². The van der Waals surface area contributed by atoms with Crippen molar-refractivity contribution in [1.29, 1.82) is 0 Å². The molecule has 0 aromatic heterocycles. The molecule has 0 rings (SSSR count). The SMILES string of the molecule is CCCCCCCCCCCC(=O)N(C)OS(=O)(=O)CC. The molecular weight excluding hydrogens is 290 g/mol. The predicted molar refractivity (Wildman–Crippen MR) is 85.2 cm³/mol. The maximum Gasteiger partial charge on any atom is 0.287 e. The number of unbranched alkanes of at least 4 members (excludes halogenated alkanes) is 8. The van der Waals surface area contributed by atoms with Gasteiger partial charge in [-0.05, 0) is 13.3 Å². The van der Waals surface area contributed by atoms with Crippen molar-refractivity contribution in [2.75, 3.05) is 12.8 Å². The van der Waals surface area contributed by atoms with E-state index in [9.17, 15) is 13.2 Å². The molecule has 0 aromatic rings. The maximum atomic E-state index is 11.7. The first-order chi connectivity index (χ1) is 9.93. The van der Waals surface area contributed by atoms with Crippen LogP contribution in [0.1, 0.15) is 78.1 Å². The molecule has 0 aliphatic carbocycles. The zero-order valence-corrected chi connectivity index (χ0v) is 14.6. The smallest absolute Gasteiger partial charge is 0.273 e. The molecule has 126 valence electrons. The number of carbonyl (C=O) groups is 1. The lowest BCUT2D eigenvalue weighted by molar-refractivity contribution is -0.151. The highest BCUT2D eigenvalue weighted by Gasteiger charge is 2.16. The highest BCUT2D eigenvalue weighted by atomic mass is 32.2. The Hall–Kier alpha value is -0.620. The first kappa shape index (κ1) is 20.4. The van der Waals surface area contributed by atoms with Crippen LogP contribution in [0.25, 0.3) is 0 Å². The molecule has 1 amide bonds. The number of amides is 1. The highest BCUT2D eigenvalue weighted by Crippen LogP contribution is 2.11. The van der Waals surface area contributed by atoms with E-state index in [2.05, 4.69) is 11.2 Å². The van der Waals surface area contributed by atoms with Crippen LogP contribution in [0.4, 0.5) is 0 Å². The summed E-state index contributed by atoms with van der Waals surface area (Å²) in [5.74, 6) is -0.419. The molecule has 0 radical (unpaired) electrons. The zero-order valence-electron chi connectivity index (χ0n) is 13.8. The van der Waals surface area contributed by atoms with Crippen molar-refractivity contribution in [2.45, 2.75) is 78.1 Å². The van der Waals surface area contributed by atoms with E-state index in [0.717, 1.165) is 24.3 Å². The summed E-state index contributed by atoms with van der Waals surface area (Å²) in [5, 5.41) is 0.837. The van der Waals surface area contributed by atoms with E-state index in [-0.39, 0.29) is 11.7 Å². The summed E-state index contributed by atoms with van der Waals surface area (Å²) in [7, 11) is -2.26. The van der Waals surface area contributed by atoms with Gasteiger partial charge >= 0.3 is 0 Å². The summed E-state index contributed by atoms with van der Waals surface area (Å²) < 4.78 is 27.1. The molecule has 0 atom stereocenters. The second-order valence-corrected chi connectivity index (χ2v) is 7.23. The Bertz CT molecular complexity index is 368. The molecule has 0 saturated carbocycles. The lowest BCUT2D eigenvalue weighted by Gasteiger charge is -2.15. The van der Waals surface area contributed by atoms with E-state index in [1.807, 2.05) is 0 Å². The Morgan fingerprint density at radius 1 is 0.905 bits per heavy atom. The highest BCUT2D eigenvalue weighted by molar-refractivity contribution is 7.86. The van der Waals surface area contributed by atoms with Crippen LogP contribution in [-0.4, -0.2) is 32.2 Å². The fraction of sp³-hybridized carbons (Fsp3) is 0.933. The average molecular weight is 321 g/mol. The second-order valence-electron chi connectivity index (χ2n) is 5.39. The maximum absolute atomic E-state index is 11.7. The fourth-order valence-electron chi connectivity index (χ4n) is 2.01. The van der Waals surface area contributed by atoms with E-state index < -0.39 is 10.1 Å². The van der Waals surface area contributed by atoms with Gasteiger partial charge in [-0.25, -0.2) is 5.06 Å². The van der Waals surface area contributed by atoms with E-state index >= 15 is 0 Å². The summed E-state index contributed by atoms with van der Waals surface area (Å²) in [6.07, 6.45) is 11.0. The Morgan fingerprint density at radius 2 is 1.38 bits per heavy atom. The third kappa shape index (κ3) is 11.7. The molecule has 0 N–H and O–H groups in total. The molecule has 0 aromatic carbocycles. The first-order valence-corrected chi connectivity index (χ1v) is 9.69. The minimum atomic E-state index is -3.61. The fourth-order valence-corrected chi connectivity index (χ4v) is 2.54. The van der Waals surface area contributed by atoms with Crippen molar-refractivity contribution in [2.24, 2.45) is 0 Å². The van der Waals surface area contributed by atoms with Gasteiger partial charge in [-0.15, -0.1) is 4.28 Å². The van der Waals surface area contributed by atoms with Crippen molar-refractivity contribution in [3.05, 3.63) is 0 Å².